The lowest BCUT2D eigenvalue weighted by Crippen LogP contribution is -2.41. The normalized spacial score (nSPS) is 22.4. The van der Waals surface area contributed by atoms with Crippen LogP contribution in [-0.2, 0) is 9.31 Å². The summed E-state index contributed by atoms with van der Waals surface area (Å²) in [5.74, 6) is 0. The van der Waals surface area contributed by atoms with E-state index < -0.39 is 18.3 Å². The highest BCUT2D eigenvalue weighted by atomic mass is 16.7. The molecule has 0 atom stereocenters. The van der Waals surface area contributed by atoms with Crippen LogP contribution in [0.5, 0.6) is 0 Å². The van der Waals surface area contributed by atoms with Crippen molar-refractivity contribution in [3.05, 3.63) is 37.0 Å². The van der Waals surface area contributed by atoms with E-state index in [1.165, 1.54) is 10.8 Å². The van der Waals surface area contributed by atoms with E-state index in [4.69, 9.17) is 13.4 Å². The van der Waals surface area contributed by atoms with Gasteiger partial charge in [-0.15, -0.1) is 0 Å². The zero-order valence-electron chi connectivity index (χ0n) is 15.0. The van der Waals surface area contributed by atoms with Crippen molar-refractivity contribution < 1.29 is 13.4 Å². The topological polar surface area (TPSA) is 49.2 Å². The van der Waals surface area contributed by atoms with Gasteiger partial charge in [0, 0.05) is 12.3 Å². The summed E-state index contributed by atoms with van der Waals surface area (Å²) in [6, 6.07) is 3.45. The molecule has 3 heterocycles. The first-order valence-corrected chi connectivity index (χ1v) is 6.47. The van der Waals surface area contributed by atoms with Crippen molar-refractivity contribution in [2.75, 3.05) is 0 Å². The van der Waals surface area contributed by atoms with Gasteiger partial charge < -0.3 is 13.9 Å². The second-order valence-corrected chi connectivity index (χ2v) is 5.80. The van der Waals surface area contributed by atoms with E-state index in [0.717, 1.165) is 0 Å². The lowest BCUT2D eigenvalue weighted by atomic mass is 9.84. The first kappa shape index (κ1) is 10.1. The molecule has 1 aliphatic heterocycles. The standard InChI is InChI=1S/C14H18BN3O2/c1-13(2)14(3,4)20-15(19-13)12-6-5-11(9-17-12)18-8-7-16-10-18/h5-10H,1-4H3/i7D,8D,10D. The summed E-state index contributed by atoms with van der Waals surface area (Å²) in [6.07, 6.45) is 0.993. The molecule has 0 amide bonds. The van der Waals surface area contributed by atoms with Gasteiger partial charge in [-0.2, -0.15) is 0 Å². The molecule has 1 fully saturated rings. The van der Waals surface area contributed by atoms with Crippen molar-refractivity contribution in [1.29, 1.82) is 0 Å². The molecule has 0 spiro atoms. The third-order valence-electron chi connectivity index (χ3n) is 3.89. The van der Waals surface area contributed by atoms with E-state index >= 15 is 0 Å². The van der Waals surface area contributed by atoms with Crippen LogP contribution >= 0.6 is 0 Å². The van der Waals surface area contributed by atoms with Gasteiger partial charge in [-0.3, -0.25) is 4.98 Å². The van der Waals surface area contributed by atoms with Crippen LogP contribution in [0.15, 0.2) is 37.0 Å². The van der Waals surface area contributed by atoms with Crippen LogP contribution in [0, 0.1) is 0 Å². The molecule has 2 aromatic rings. The predicted octanol–water partition coefficient (Wildman–Crippen LogP) is 1.57. The summed E-state index contributed by atoms with van der Waals surface area (Å²) >= 11 is 0. The molecule has 0 N–H and O–H groups in total. The van der Waals surface area contributed by atoms with Crippen molar-refractivity contribution in [3.63, 3.8) is 0 Å². The summed E-state index contributed by atoms with van der Waals surface area (Å²) in [4.78, 5) is 7.99. The third-order valence-corrected chi connectivity index (χ3v) is 3.89. The van der Waals surface area contributed by atoms with Gasteiger partial charge in [0.1, 0.15) is 1.37 Å². The fourth-order valence-electron chi connectivity index (χ4n) is 1.93. The average molecular weight is 274 g/mol. The number of rotatable bonds is 2. The van der Waals surface area contributed by atoms with E-state index in [0.29, 0.717) is 11.3 Å². The maximum atomic E-state index is 7.79. The Balaban J connectivity index is 1.89. The fourth-order valence-corrected chi connectivity index (χ4v) is 1.93. The van der Waals surface area contributed by atoms with E-state index in [-0.39, 0.29) is 18.6 Å². The van der Waals surface area contributed by atoms with Gasteiger partial charge in [-0.25, -0.2) is 4.98 Å². The molecule has 3 rings (SSSR count). The predicted molar refractivity (Wildman–Crippen MR) is 77.1 cm³/mol. The highest BCUT2D eigenvalue weighted by Gasteiger charge is 2.52. The molecular formula is C14H18BN3O2. The third kappa shape index (κ3) is 2.15. The Kier molecular flexibility index (Phi) is 2.24. The number of hydrogen-bond donors (Lipinski definition) is 0. The molecule has 5 nitrogen and oxygen atoms in total. The van der Waals surface area contributed by atoms with Crippen LogP contribution in [-0.4, -0.2) is 32.9 Å². The van der Waals surface area contributed by atoms with Gasteiger partial charge >= 0.3 is 7.12 Å². The maximum absolute atomic E-state index is 7.79. The van der Waals surface area contributed by atoms with Crippen LogP contribution in [0.3, 0.4) is 0 Å². The van der Waals surface area contributed by atoms with E-state index in [2.05, 4.69) is 9.97 Å². The minimum Gasteiger partial charge on any atom is -0.398 e. The Bertz CT molecular complexity index is 730. The number of pyridine rings is 1. The molecule has 6 heteroatoms. The molecule has 0 saturated carbocycles. The zero-order valence-corrected chi connectivity index (χ0v) is 12.0. The average Bonchev–Trinajstić information content (AvgIpc) is 2.83. The number of nitrogens with zero attached hydrogens (tertiary/aromatic N) is 3. The SMILES string of the molecule is [2H]c1nc([2H])n(-c2ccc(B3OC(C)(C)C(C)(C)O3)nc2)c1[2H]. The van der Waals surface area contributed by atoms with Crippen LogP contribution in [0.1, 0.15) is 31.8 Å². The van der Waals surface area contributed by atoms with Crippen molar-refractivity contribution >= 4 is 12.7 Å². The molecular weight excluding hydrogens is 253 g/mol. The van der Waals surface area contributed by atoms with Gasteiger partial charge in [-0.1, -0.05) is 0 Å². The molecule has 1 saturated heterocycles. The molecule has 0 aliphatic carbocycles. The monoisotopic (exact) mass is 274 g/mol. The van der Waals surface area contributed by atoms with Crippen LogP contribution in [0.2, 0.25) is 0 Å². The summed E-state index contributed by atoms with van der Waals surface area (Å²) in [5, 5.41) is 0. The van der Waals surface area contributed by atoms with Crippen LogP contribution < -0.4 is 5.59 Å². The molecule has 0 aromatic carbocycles. The quantitative estimate of drug-likeness (QED) is 0.780. The summed E-state index contributed by atoms with van der Waals surface area (Å²) in [7, 11) is -0.561. The lowest BCUT2D eigenvalue weighted by Gasteiger charge is -2.32. The molecule has 0 bridgehead atoms. The van der Waals surface area contributed by atoms with Crippen molar-refractivity contribution in [2.45, 2.75) is 38.9 Å². The van der Waals surface area contributed by atoms with Gasteiger partial charge in [0.05, 0.1) is 37.7 Å². The molecule has 0 unspecified atom stereocenters. The molecule has 20 heavy (non-hydrogen) atoms. The first-order chi connectivity index (χ1) is 10.6. The van der Waals surface area contributed by atoms with Crippen LogP contribution in [0.25, 0.3) is 5.69 Å². The van der Waals surface area contributed by atoms with Gasteiger partial charge in [0.25, 0.3) is 0 Å². The Morgan fingerprint density at radius 1 is 1.20 bits per heavy atom. The Hall–Kier alpha value is -1.66. The van der Waals surface area contributed by atoms with Gasteiger partial charge in [0.2, 0.25) is 0 Å². The van der Waals surface area contributed by atoms with Gasteiger partial charge in [-0.05, 0) is 39.8 Å². The molecule has 2 aromatic heterocycles. The first-order valence-electron chi connectivity index (χ1n) is 7.97. The van der Waals surface area contributed by atoms with E-state index in [1.54, 1.807) is 12.1 Å². The van der Waals surface area contributed by atoms with E-state index in [1.807, 2.05) is 27.7 Å². The van der Waals surface area contributed by atoms with Crippen LogP contribution in [0.4, 0.5) is 0 Å². The minimum atomic E-state index is -0.561. The Morgan fingerprint density at radius 3 is 2.40 bits per heavy atom. The smallest absolute Gasteiger partial charge is 0.398 e. The highest BCUT2D eigenvalue weighted by molar-refractivity contribution is 6.61. The fraction of sp³-hybridized carbons (Fsp3) is 0.429. The lowest BCUT2D eigenvalue weighted by molar-refractivity contribution is 0.00578. The summed E-state index contributed by atoms with van der Waals surface area (Å²) in [6.45, 7) is 7.89. The van der Waals surface area contributed by atoms with Gasteiger partial charge in [0.15, 0.2) is 0 Å². The summed E-state index contributed by atoms with van der Waals surface area (Å²) < 4.78 is 36.2. The second-order valence-electron chi connectivity index (χ2n) is 5.80. The molecule has 1 aliphatic rings. The summed E-state index contributed by atoms with van der Waals surface area (Å²) in [5.41, 5.74) is 0.249. The van der Waals surface area contributed by atoms with Crippen molar-refractivity contribution in [1.82, 2.24) is 14.5 Å². The number of aromatic nitrogens is 3. The Morgan fingerprint density at radius 2 is 1.90 bits per heavy atom. The van der Waals surface area contributed by atoms with E-state index in [9.17, 15) is 0 Å². The highest BCUT2D eigenvalue weighted by Crippen LogP contribution is 2.36. The number of hydrogen-bond acceptors (Lipinski definition) is 4. The molecule has 0 radical (unpaired) electrons. The molecule has 104 valence electrons. The maximum Gasteiger partial charge on any atom is 0.514 e. The number of imidazole rings is 1. The van der Waals surface area contributed by atoms with Crippen molar-refractivity contribution in [2.24, 2.45) is 0 Å². The minimum absolute atomic E-state index is 0.139. The second kappa shape index (κ2) is 4.43. The van der Waals surface area contributed by atoms with Crippen molar-refractivity contribution in [3.8, 4) is 5.69 Å². The zero-order chi connectivity index (χ0) is 17.0. The Labute approximate surface area is 123 Å². The largest absolute Gasteiger partial charge is 0.514 e.